The molecule has 0 atom stereocenters. The molecule has 1 aliphatic rings. The van der Waals surface area contributed by atoms with Crippen molar-refractivity contribution in [3.63, 3.8) is 0 Å². The molecule has 0 radical (unpaired) electrons. The summed E-state index contributed by atoms with van der Waals surface area (Å²) in [4.78, 5) is 4.63. The van der Waals surface area contributed by atoms with Crippen molar-refractivity contribution in [1.29, 1.82) is 0 Å². The van der Waals surface area contributed by atoms with Gasteiger partial charge in [0.15, 0.2) is 0 Å². The van der Waals surface area contributed by atoms with Crippen molar-refractivity contribution in [2.24, 2.45) is 0 Å². The van der Waals surface area contributed by atoms with E-state index in [4.69, 9.17) is 0 Å². The van der Waals surface area contributed by atoms with E-state index in [0.29, 0.717) is 0 Å². The smallest absolute Gasteiger partial charge is 0.106 e. The van der Waals surface area contributed by atoms with Gasteiger partial charge < -0.3 is 4.57 Å². The first kappa shape index (κ1) is 9.50. The van der Waals surface area contributed by atoms with Crippen molar-refractivity contribution in [2.75, 3.05) is 0 Å². The van der Waals surface area contributed by atoms with Gasteiger partial charge in [0.05, 0.1) is 5.69 Å². The van der Waals surface area contributed by atoms with Gasteiger partial charge in [-0.25, -0.2) is 4.98 Å². The zero-order valence-corrected chi connectivity index (χ0v) is 9.08. The molecular formula is C12H18N2. The maximum atomic E-state index is 4.63. The molecular weight excluding hydrogens is 172 g/mol. The molecule has 1 heterocycles. The fourth-order valence-corrected chi connectivity index (χ4v) is 2.19. The van der Waals surface area contributed by atoms with E-state index < -0.39 is 0 Å². The number of hydrogen-bond acceptors (Lipinski definition) is 1. The van der Waals surface area contributed by atoms with E-state index in [1.54, 1.807) is 0 Å². The van der Waals surface area contributed by atoms with Gasteiger partial charge in [-0.3, -0.25) is 0 Å². The van der Waals surface area contributed by atoms with Crippen LogP contribution in [-0.2, 0) is 19.4 Å². The molecule has 0 saturated heterocycles. The van der Waals surface area contributed by atoms with Gasteiger partial charge in [0.25, 0.3) is 0 Å². The largest absolute Gasteiger partial charge is 0.328 e. The third kappa shape index (κ3) is 1.61. The minimum absolute atomic E-state index is 0.991. The SMILES string of the molecule is C/C=C/Cn1c(C)nc2c1CCCC2. The van der Waals surface area contributed by atoms with Gasteiger partial charge in [-0.15, -0.1) is 0 Å². The van der Waals surface area contributed by atoms with Crippen molar-refractivity contribution in [3.8, 4) is 0 Å². The van der Waals surface area contributed by atoms with Gasteiger partial charge in [-0.2, -0.15) is 0 Å². The average Bonchev–Trinajstić information content (AvgIpc) is 2.51. The minimum Gasteiger partial charge on any atom is -0.328 e. The zero-order chi connectivity index (χ0) is 9.97. The van der Waals surface area contributed by atoms with E-state index in [2.05, 4.69) is 35.6 Å². The van der Waals surface area contributed by atoms with E-state index in [1.807, 2.05) is 0 Å². The Bertz CT molecular complexity index is 347. The van der Waals surface area contributed by atoms with Gasteiger partial charge in [-0.05, 0) is 39.5 Å². The standard InChI is InChI=1S/C12H18N2/c1-3-4-9-14-10(2)13-11-7-5-6-8-12(11)14/h3-4H,5-9H2,1-2H3/b4-3+. The Labute approximate surface area is 85.7 Å². The molecule has 0 spiro atoms. The van der Waals surface area contributed by atoms with Crippen molar-refractivity contribution in [1.82, 2.24) is 9.55 Å². The Morgan fingerprint density at radius 2 is 2.14 bits per heavy atom. The van der Waals surface area contributed by atoms with Crippen molar-refractivity contribution < 1.29 is 0 Å². The average molecular weight is 190 g/mol. The minimum atomic E-state index is 0.991. The van der Waals surface area contributed by atoms with Crippen LogP contribution in [0.3, 0.4) is 0 Å². The van der Waals surface area contributed by atoms with Crippen LogP contribution in [0.1, 0.15) is 37.0 Å². The topological polar surface area (TPSA) is 17.8 Å². The first-order valence-corrected chi connectivity index (χ1v) is 5.49. The Balaban J connectivity index is 2.32. The second kappa shape index (κ2) is 3.99. The highest BCUT2D eigenvalue weighted by molar-refractivity contribution is 5.20. The maximum Gasteiger partial charge on any atom is 0.106 e. The second-order valence-corrected chi connectivity index (χ2v) is 3.94. The fraction of sp³-hybridized carbons (Fsp3) is 0.583. The van der Waals surface area contributed by atoms with Crippen LogP contribution in [0.25, 0.3) is 0 Å². The molecule has 0 aromatic carbocycles. The number of aromatic nitrogens is 2. The molecule has 0 unspecified atom stereocenters. The Morgan fingerprint density at radius 3 is 2.93 bits per heavy atom. The molecule has 14 heavy (non-hydrogen) atoms. The third-order valence-corrected chi connectivity index (χ3v) is 2.95. The number of rotatable bonds is 2. The number of aryl methyl sites for hydroxylation is 2. The summed E-state index contributed by atoms with van der Waals surface area (Å²) < 4.78 is 2.36. The van der Waals surface area contributed by atoms with Gasteiger partial charge in [-0.1, -0.05) is 12.2 Å². The van der Waals surface area contributed by atoms with Gasteiger partial charge in [0.2, 0.25) is 0 Å². The molecule has 0 fully saturated rings. The van der Waals surface area contributed by atoms with E-state index in [1.165, 1.54) is 42.9 Å². The quantitative estimate of drug-likeness (QED) is 0.655. The Kier molecular flexibility index (Phi) is 2.71. The highest BCUT2D eigenvalue weighted by Crippen LogP contribution is 2.21. The predicted molar refractivity (Wildman–Crippen MR) is 58.4 cm³/mol. The molecule has 2 nitrogen and oxygen atoms in total. The Morgan fingerprint density at radius 1 is 1.36 bits per heavy atom. The summed E-state index contributed by atoms with van der Waals surface area (Å²) in [5, 5.41) is 0. The molecule has 0 saturated carbocycles. The van der Waals surface area contributed by atoms with E-state index in [9.17, 15) is 0 Å². The second-order valence-electron chi connectivity index (χ2n) is 3.94. The van der Waals surface area contributed by atoms with Crippen LogP contribution in [0.5, 0.6) is 0 Å². The summed E-state index contributed by atoms with van der Waals surface area (Å²) in [7, 11) is 0. The van der Waals surface area contributed by atoms with Crippen molar-refractivity contribution in [2.45, 2.75) is 46.1 Å². The summed E-state index contributed by atoms with van der Waals surface area (Å²) in [5.41, 5.74) is 2.82. The summed E-state index contributed by atoms with van der Waals surface area (Å²) in [5.74, 6) is 1.18. The molecule has 0 bridgehead atoms. The lowest BCUT2D eigenvalue weighted by Crippen LogP contribution is -2.08. The van der Waals surface area contributed by atoms with Crippen LogP contribution in [0.2, 0.25) is 0 Å². The molecule has 0 N–H and O–H groups in total. The normalized spacial score (nSPS) is 16.1. The highest BCUT2D eigenvalue weighted by atomic mass is 15.1. The number of nitrogens with zero attached hydrogens (tertiary/aromatic N) is 2. The lowest BCUT2D eigenvalue weighted by molar-refractivity contribution is 0.628. The predicted octanol–water partition coefficient (Wildman–Crippen LogP) is 2.65. The molecule has 0 amide bonds. The van der Waals surface area contributed by atoms with Crippen LogP contribution >= 0.6 is 0 Å². The molecule has 2 heteroatoms. The molecule has 76 valence electrons. The summed E-state index contributed by atoms with van der Waals surface area (Å²) in [6.45, 7) is 5.17. The van der Waals surface area contributed by atoms with Crippen LogP contribution in [-0.4, -0.2) is 9.55 Å². The summed E-state index contributed by atoms with van der Waals surface area (Å²) in [6, 6.07) is 0. The monoisotopic (exact) mass is 190 g/mol. The molecule has 0 aliphatic heterocycles. The van der Waals surface area contributed by atoms with Crippen LogP contribution in [0.15, 0.2) is 12.2 Å². The van der Waals surface area contributed by atoms with E-state index >= 15 is 0 Å². The van der Waals surface area contributed by atoms with E-state index in [-0.39, 0.29) is 0 Å². The third-order valence-electron chi connectivity index (χ3n) is 2.95. The number of hydrogen-bond donors (Lipinski definition) is 0. The van der Waals surface area contributed by atoms with Gasteiger partial charge >= 0.3 is 0 Å². The first-order valence-electron chi connectivity index (χ1n) is 5.49. The highest BCUT2D eigenvalue weighted by Gasteiger charge is 2.16. The molecule has 1 aromatic rings. The van der Waals surface area contributed by atoms with Crippen molar-refractivity contribution in [3.05, 3.63) is 29.4 Å². The van der Waals surface area contributed by atoms with Crippen LogP contribution < -0.4 is 0 Å². The van der Waals surface area contributed by atoms with Crippen LogP contribution in [0, 0.1) is 6.92 Å². The van der Waals surface area contributed by atoms with Gasteiger partial charge in [0, 0.05) is 12.2 Å². The zero-order valence-electron chi connectivity index (χ0n) is 9.08. The Hall–Kier alpha value is -1.05. The fourth-order valence-electron chi connectivity index (χ4n) is 2.19. The number of allylic oxidation sites excluding steroid dienone is 2. The molecule has 2 rings (SSSR count). The molecule has 1 aromatic heterocycles. The lowest BCUT2D eigenvalue weighted by atomic mass is 10.0. The number of fused-ring (bicyclic) bond motifs is 1. The van der Waals surface area contributed by atoms with Gasteiger partial charge in [0.1, 0.15) is 5.82 Å². The first-order chi connectivity index (χ1) is 6.83. The summed E-state index contributed by atoms with van der Waals surface area (Å²) >= 11 is 0. The maximum absolute atomic E-state index is 4.63. The van der Waals surface area contributed by atoms with Crippen LogP contribution in [0.4, 0.5) is 0 Å². The van der Waals surface area contributed by atoms with E-state index in [0.717, 1.165) is 6.54 Å². The van der Waals surface area contributed by atoms with Crippen molar-refractivity contribution >= 4 is 0 Å². The molecule has 1 aliphatic carbocycles. The number of imidazole rings is 1. The summed E-state index contributed by atoms with van der Waals surface area (Å²) in [6.07, 6.45) is 9.34. The lowest BCUT2D eigenvalue weighted by Gasteiger charge is -2.13.